The van der Waals surface area contributed by atoms with Crippen LogP contribution in [0.3, 0.4) is 0 Å². The number of rotatable bonds is 9. The lowest BCUT2D eigenvalue weighted by atomic mass is 10.1. The zero-order valence-corrected chi connectivity index (χ0v) is 13.2. The molecular formula is C15H30N2O4. The highest BCUT2D eigenvalue weighted by molar-refractivity contribution is 5.76. The molecule has 0 saturated carbocycles. The molecule has 1 heterocycles. The molecule has 0 aromatic carbocycles. The first-order valence-corrected chi connectivity index (χ1v) is 8.06. The third-order valence-corrected chi connectivity index (χ3v) is 4.22. The van der Waals surface area contributed by atoms with Gasteiger partial charge in [0.15, 0.2) is 0 Å². The summed E-state index contributed by atoms with van der Waals surface area (Å²) in [6, 6.07) is -0.911. The van der Waals surface area contributed by atoms with Gasteiger partial charge in [-0.1, -0.05) is 26.2 Å². The summed E-state index contributed by atoms with van der Waals surface area (Å²) >= 11 is 0. The van der Waals surface area contributed by atoms with Crippen molar-refractivity contribution in [3.8, 4) is 0 Å². The van der Waals surface area contributed by atoms with E-state index >= 15 is 0 Å². The van der Waals surface area contributed by atoms with Crippen LogP contribution >= 0.6 is 0 Å². The first-order valence-electron chi connectivity index (χ1n) is 8.06. The number of nitrogens with one attached hydrogen (secondary N) is 1. The van der Waals surface area contributed by atoms with Crippen molar-refractivity contribution >= 4 is 5.91 Å². The number of hydrogen-bond acceptors (Lipinski definition) is 5. The van der Waals surface area contributed by atoms with Gasteiger partial charge in [-0.2, -0.15) is 0 Å². The number of aliphatic hydroxyl groups excluding tert-OH is 3. The quantitative estimate of drug-likeness (QED) is 0.445. The van der Waals surface area contributed by atoms with Crippen molar-refractivity contribution in [1.29, 1.82) is 0 Å². The summed E-state index contributed by atoms with van der Waals surface area (Å²) in [6.07, 6.45) is 2.45. The molecule has 124 valence electrons. The lowest BCUT2D eigenvalue weighted by molar-refractivity contribution is -0.123. The largest absolute Gasteiger partial charge is 0.395 e. The summed E-state index contributed by atoms with van der Waals surface area (Å²) in [5, 5.41) is 32.4. The molecule has 1 fully saturated rings. The Kier molecular flexibility index (Phi) is 8.18. The van der Waals surface area contributed by atoms with Gasteiger partial charge in [-0.05, 0) is 19.9 Å². The van der Waals surface area contributed by atoms with E-state index in [1.54, 1.807) is 0 Å². The summed E-state index contributed by atoms with van der Waals surface area (Å²) in [6.45, 7) is 5.00. The molecule has 6 nitrogen and oxygen atoms in total. The van der Waals surface area contributed by atoms with Gasteiger partial charge in [-0.3, -0.25) is 9.69 Å². The van der Waals surface area contributed by atoms with Crippen LogP contribution in [0, 0.1) is 0 Å². The second-order valence-electron chi connectivity index (χ2n) is 5.75. The first kappa shape index (κ1) is 18.4. The molecule has 21 heavy (non-hydrogen) atoms. The molecule has 1 rings (SSSR count). The minimum absolute atomic E-state index is 0.133. The number of likely N-dealkylation sites (tertiary alicyclic amines) is 1. The molecule has 1 saturated heterocycles. The topological polar surface area (TPSA) is 93.0 Å². The number of amides is 1. The van der Waals surface area contributed by atoms with Crippen LogP contribution in [-0.2, 0) is 4.79 Å². The van der Waals surface area contributed by atoms with Gasteiger partial charge in [0.1, 0.15) is 0 Å². The third kappa shape index (κ3) is 4.92. The number of aliphatic hydroxyl groups is 3. The maximum Gasteiger partial charge on any atom is 0.221 e. The lowest BCUT2D eigenvalue weighted by Crippen LogP contribution is -2.44. The van der Waals surface area contributed by atoms with Gasteiger partial charge in [0.05, 0.1) is 24.9 Å². The maximum absolute atomic E-state index is 11.8. The molecule has 6 heteroatoms. The maximum atomic E-state index is 11.8. The number of carbonyl (C=O) groups is 1. The first-order chi connectivity index (χ1) is 10.1. The lowest BCUT2D eigenvalue weighted by Gasteiger charge is -2.29. The zero-order chi connectivity index (χ0) is 15.8. The van der Waals surface area contributed by atoms with E-state index < -0.39 is 24.3 Å². The third-order valence-electron chi connectivity index (χ3n) is 4.22. The molecule has 0 bridgehead atoms. The normalized spacial score (nSPS) is 29.8. The Morgan fingerprint density at radius 3 is 2.33 bits per heavy atom. The molecule has 1 aliphatic rings. The van der Waals surface area contributed by atoms with Crippen LogP contribution < -0.4 is 5.32 Å². The number of nitrogens with zero attached hydrogens (tertiary/aromatic N) is 1. The van der Waals surface area contributed by atoms with Crippen molar-refractivity contribution in [3.05, 3.63) is 0 Å². The van der Waals surface area contributed by atoms with Crippen molar-refractivity contribution in [2.24, 2.45) is 0 Å². The van der Waals surface area contributed by atoms with Gasteiger partial charge in [0.25, 0.3) is 0 Å². The number of unbranched alkanes of at least 4 members (excludes halogenated alkanes) is 3. The molecule has 1 amide bonds. The number of carbonyl (C=O) groups excluding carboxylic acids is 1. The summed E-state index contributed by atoms with van der Waals surface area (Å²) in [5.74, 6) is -0.133. The highest BCUT2D eigenvalue weighted by Crippen LogP contribution is 2.28. The zero-order valence-electron chi connectivity index (χ0n) is 13.2. The summed E-state index contributed by atoms with van der Waals surface area (Å²) in [5.41, 5.74) is 0. The van der Waals surface area contributed by atoms with Crippen LogP contribution in [-0.4, -0.2) is 70.1 Å². The molecule has 0 aromatic rings. The monoisotopic (exact) mass is 302 g/mol. The fourth-order valence-electron chi connectivity index (χ4n) is 3.06. The van der Waals surface area contributed by atoms with E-state index in [0.717, 1.165) is 25.7 Å². The van der Waals surface area contributed by atoms with Crippen LogP contribution in [0.25, 0.3) is 0 Å². The van der Waals surface area contributed by atoms with Crippen molar-refractivity contribution in [2.45, 2.75) is 70.2 Å². The van der Waals surface area contributed by atoms with E-state index in [9.17, 15) is 20.1 Å². The smallest absolute Gasteiger partial charge is 0.221 e. The van der Waals surface area contributed by atoms with Crippen LogP contribution in [0.2, 0.25) is 0 Å². The molecule has 1 aliphatic heterocycles. The molecule has 4 atom stereocenters. The van der Waals surface area contributed by atoms with E-state index in [-0.39, 0.29) is 18.9 Å². The van der Waals surface area contributed by atoms with Crippen molar-refractivity contribution < 1.29 is 20.1 Å². The Bertz CT molecular complexity index is 314. The summed E-state index contributed by atoms with van der Waals surface area (Å²) < 4.78 is 0. The second kappa shape index (κ2) is 9.35. The molecule has 0 radical (unpaired) electrons. The van der Waals surface area contributed by atoms with Gasteiger partial charge < -0.3 is 20.6 Å². The summed E-state index contributed by atoms with van der Waals surface area (Å²) in [4.78, 5) is 13.7. The predicted octanol–water partition coefficient (Wildman–Crippen LogP) is -0.140. The molecule has 4 N–H and O–H groups in total. The van der Waals surface area contributed by atoms with Crippen molar-refractivity contribution in [3.63, 3.8) is 0 Å². The van der Waals surface area contributed by atoms with Gasteiger partial charge in [0.2, 0.25) is 5.91 Å². The highest BCUT2D eigenvalue weighted by atomic mass is 16.3. The minimum Gasteiger partial charge on any atom is -0.395 e. The van der Waals surface area contributed by atoms with E-state index in [0.29, 0.717) is 13.1 Å². The molecule has 0 spiro atoms. The van der Waals surface area contributed by atoms with Gasteiger partial charge >= 0.3 is 0 Å². The van der Waals surface area contributed by atoms with Crippen LogP contribution in [0.1, 0.15) is 46.0 Å². The van der Waals surface area contributed by atoms with E-state index in [1.165, 1.54) is 0 Å². The van der Waals surface area contributed by atoms with Crippen LogP contribution in [0.4, 0.5) is 0 Å². The molecule has 0 aromatic heterocycles. The SMILES string of the molecule is CCCCCCN1[C@H](CO)[C@@H](O)[C@H](O)[C@@H]1CC(=O)NCC. The van der Waals surface area contributed by atoms with Gasteiger partial charge in [-0.25, -0.2) is 0 Å². The minimum atomic E-state index is -0.999. The summed E-state index contributed by atoms with van der Waals surface area (Å²) in [7, 11) is 0. The second-order valence-corrected chi connectivity index (χ2v) is 5.75. The molecule has 0 unspecified atom stereocenters. The average molecular weight is 302 g/mol. The molecule has 0 aliphatic carbocycles. The fourth-order valence-corrected chi connectivity index (χ4v) is 3.06. The highest BCUT2D eigenvalue weighted by Gasteiger charge is 2.47. The van der Waals surface area contributed by atoms with Crippen LogP contribution in [0.5, 0.6) is 0 Å². The fraction of sp³-hybridized carbons (Fsp3) is 0.933. The predicted molar refractivity (Wildman–Crippen MR) is 80.8 cm³/mol. The Labute approximate surface area is 127 Å². The Morgan fingerprint density at radius 2 is 1.76 bits per heavy atom. The Morgan fingerprint density at radius 1 is 1.10 bits per heavy atom. The van der Waals surface area contributed by atoms with E-state index in [2.05, 4.69) is 12.2 Å². The Hall–Kier alpha value is -0.690. The molecular weight excluding hydrogens is 272 g/mol. The standard InChI is InChI=1S/C15H30N2O4/c1-3-5-6-7-8-17-11(9-13(19)16-4-2)14(20)15(21)12(17)10-18/h11-12,14-15,18,20-21H,3-10H2,1-2H3,(H,16,19)/t11-,12+,14+,15+/m0/s1. The van der Waals surface area contributed by atoms with Crippen molar-refractivity contribution in [2.75, 3.05) is 19.7 Å². The van der Waals surface area contributed by atoms with Gasteiger partial charge in [0, 0.05) is 19.0 Å². The van der Waals surface area contributed by atoms with E-state index in [4.69, 9.17) is 0 Å². The Balaban J connectivity index is 2.67. The van der Waals surface area contributed by atoms with Crippen LogP contribution in [0.15, 0.2) is 0 Å². The van der Waals surface area contributed by atoms with Gasteiger partial charge in [-0.15, -0.1) is 0 Å². The average Bonchev–Trinajstić information content (AvgIpc) is 2.68. The number of hydrogen-bond donors (Lipinski definition) is 4. The van der Waals surface area contributed by atoms with Crippen molar-refractivity contribution in [1.82, 2.24) is 10.2 Å². The van der Waals surface area contributed by atoms with E-state index in [1.807, 2.05) is 11.8 Å².